The molecule has 0 aromatic carbocycles. The van der Waals surface area contributed by atoms with E-state index in [-0.39, 0.29) is 6.61 Å². The van der Waals surface area contributed by atoms with Crippen LogP contribution in [0.15, 0.2) is 25.0 Å². The summed E-state index contributed by atoms with van der Waals surface area (Å²) < 4.78 is 0. The molecule has 1 rings (SSSR count). The van der Waals surface area contributed by atoms with E-state index in [2.05, 4.69) is 22.3 Å². The third-order valence-corrected chi connectivity index (χ3v) is 1.10. The van der Waals surface area contributed by atoms with Crippen LogP contribution in [0.1, 0.15) is 5.82 Å². The number of nitrogens with zero attached hydrogens (tertiary/aromatic N) is 1. The van der Waals surface area contributed by atoms with Gasteiger partial charge in [-0.2, -0.15) is 0 Å². The quantitative estimate of drug-likeness (QED) is 0.557. The first-order valence-electron chi connectivity index (χ1n) is 3.71. The maximum atomic E-state index is 9.47. The standard InChI is InChI=1S/C5H8N2O.C3H5NO/c8-4-1-5-6-2-3-7-5;1-2-3(4)5/h2-3,8H,1,4H2,(H,6,7);2H,1H2,(H2,4,5). The second-order valence-corrected chi connectivity index (χ2v) is 2.12. The van der Waals surface area contributed by atoms with Gasteiger partial charge in [0.2, 0.25) is 5.91 Å². The number of rotatable bonds is 3. The van der Waals surface area contributed by atoms with Gasteiger partial charge in [0.1, 0.15) is 5.82 Å². The van der Waals surface area contributed by atoms with Gasteiger partial charge in [0, 0.05) is 18.8 Å². The molecular weight excluding hydrogens is 170 g/mol. The lowest BCUT2D eigenvalue weighted by Gasteiger charge is -1.85. The van der Waals surface area contributed by atoms with Crippen LogP contribution in [-0.2, 0) is 11.2 Å². The van der Waals surface area contributed by atoms with Crippen LogP contribution >= 0.6 is 0 Å². The molecule has 1 aromatic heterocycles. The molecule has 0 unspecified atom stereocenters. The van der Waals surface area contributed by atoms with Crippen LogP contribution in [0.3, 0.4) is 0 Å². The molecule has 0 bridgehead atoms. The average molecular weight is 183 g/mol. The van der Waals surface area contributed by atoms with Gasteiger partial charge in [-0.1, -0.05) is 6.58 Å². The number of nitrogens with one attached hydrogen (secondary N) is 1. The number of nitrogens with two attached hydrogens (primary N) is 1. The van der Waals surface area contributed by atoms with Crippen molar-refractivity contribution in [3.63, 3.8) is 0 Å². The first-order chi connectivity index (χ1) is 6.20. The molecule has 0 fully saturated rings. The minimum atomic E-state index is -0.481. The summed E-state index contributed by atoms with van der Waals surface area (Å²) in [5, 5.41) is 8.38. The highest BCUT2D eigenvalue weighted by atomic mass is 16.3. The molecule has 13 heavy (non-hydrogen) atoms. The van der Waals surface area contributed by atoms with E-state index in [1.54, 1.807) is 12.4 Å². The molecular formula is C8H13N3O2. The predicted octanol–water partition coefficient (Wildman–Crippen LogP) is -0.398. The molecule has 1 amide bonds. The van der Waals surface area contributed by atoms with Gasteiger partial charge in [-0.05, 0) is 6.08 Å². The Morgan fingerprint density at radius 1 is 1.85 bits per heavy atom. The van der Waals surface area contributed by atoms with Gasteiger partial charge in [-0.15, -0.1) is 0 Å². The van der Waals surface area contributed by atoms with E-state index >= 15 is 0 Å². The normalized spacial score (nSPS) is 8.38. The molecule has 0 aliphatic heterocycles. The van der Waals surface area contributed by atoms with Crippen molar-refractivity contribution >= 4 is 5.91 Å². The summed E-state index contributed by atoms with van der Waals surface area (Å²) in [6.07, 6.45) is 5.09. The molecule has 0 saturated heterocycles. The van der Waals surface area contributed by atoms with Crippen LogP contribution in [0.5, 0.6) is 0 Å². The number of imidazole rings is 1. The predicted molar refractivity (Wildman–Crippen MR) is 48.8 cm³/mol. The largest absolute Gasteiger partial charge is 0.396 e. The van der Waals surface area contributed by atoms with Gasteiger partial charge in [0.05, 0.1) is 6.61 Å². The zero-order valence-corrected chi connectivity index (χ0v) is 7.23. The van der Waals surface area contributed by atoms with Crippen molar-refractivity contribution in [1.29, 1.82) is 0 Å². The minimum Gasteiger partial charge on any atom is -0.396 e. The summed E-state index contributed by atoms with van der Waals surface area (Å²) >= 11 is 0. The van der Waals surface area contributed by atoms with E-state index in [1.165, 1.54) is 0 Å². The van der Waals surface area contributed by atoms with Crippen molar-refractivity contribution in [2.24, 2.45) is 5.73 Å². The first-order valence-corrected chi connectivity index (χ1v) is 3.71. The first kappa shape index (κ1) is 11.4. The van der Waals surface area contributed by atoms with Crippen LogP contribution in [0.25, 0.3) is 0 Å². The monoisotopic (exact) mass is 183 g/mol. The molecule has 5 nitrogen and oxygen atoms in total. The number of aromatic nitrogens is 2. The number of aliphatic hydroxyl groups excluding tert-OH is 1. The fourth-order valence-electron chi connectivity index (χ4n) is 0.541. The molecule has 5 heteroatoms. The van der Waals surface area contributed by atoms with E-state index in [9.17, 15) is 4.79 Å². The summed E-state index contributed by atoms with van der Waals surface area (Å²) in [4.78, 5) is 16.2. The molecule has 4 N–H and O–H groups in total. The van der Waals surface area contributed by atoms with E-state index in [0.29, 0.717) is 6.42 Å². The summed E-state index contributed by atoms with van der Waals surface area (Å²) in [5.41, 5.74) is 4.53. The summed E-state index contributed by atoms with van der Waals surface area (Å²) in [6, 6.07) is 0. The Morgan fingerprint density at radius 2 is 2.46 bits per heavy atom. The van der Waals surface area contributed by atoms with Crippen LogP contribution in [-0.4, -0.2) is 27.6 Å². The Bertz CT molecular complexity index is 244. The highest BCUT2D eigenvalue weighted by Crippen LogP contribution is 1.86. The molecule has 0 spiro atoms. The summed E-state index contributed by atoms with van der Waals surface area (Å²) in [6.45, 7) is 3.25. The Labute approximate surface area is 76.3 Å². The molecule has 0 aliphatic rings. The number of H-pyrrole nitrogens is 1. The number of aliphatic hydroxyl groups is 1. The molecule has 72 valence electrons. The van der Waals surface area contributed by atoms with Crippen LogP contribution in [0.2, 0.25) is 0 Å². The zero-order valence-electron chi connectivity index (χ0n) is 7.23. The lowest BCUT2D eigenvalue weighted by Crippen LogP contribution is -2.04. The van der Waals surface area contributed by atoms with Crippen molar-refractivity contribution in [1.82, 2.24) is 9.97 Å². The molecule has 1 heterocycles. The number of hydrogen-bond acceptors (Lipinski definition) is 3. The van der Waals surface area contributed by atoms with Crippen molar-refractivity contribution < 1.29 is 9.90 Å². The van der Waals surface area contributed by atoms with Crippen molar-refractivity contribution in [2.75, 3.05) is 6.61 Å². The SMILES string of the molecule is C=CC(N)=O.OCCc1ncc[nH]1. The molecule has 0 saturated carbocycles. The lowest BCUT2D eigenvalue weighted by atomic mass is 10.4. The Kier molecular flexibility index (Phi) is 6.17. The van der Waals surface area contributed by atoms with Crippen molar-refractivity contribution in [3.05, 3.63) is 30.9 Å². The topological polar surface area (TPSA) is 92.0 Å². The number of primary amides is 1. The average Bonchev–Trinajstić information content (AvgIpc) is 2.59. The second kappa shape index (κ2) is 7.05. The fourth-order valence-corrected chi connectivity index (χ4v) is 0.541. The van der Waals surface area contributed by atoms with Gasteiger partial charge in [0.15, 0.2) is 0 Å². The third kappa shape index (κ3) is 6.77. The fraction of sp³-hybridized carbons (Fsp3) is 0.250. The number of hydrogen-bond donors (Lipinski definition) is 3. The smallest absolute Gasteiger partial charge is 0.240 e. The highest BCUT2D eigenvalue weighted by molar-refractivity contribution is 5.84. The van der Waals surface area contributed by atoms with Gasteiger partial charge >= 0.3 is 0 Å². The number of aromatic amines is 1. The maximum Gasteiger partial charge on any atom is 0.240 e. The molecule has 0 aliphatic carbocycles. The second-order valence-electron chi connectivity index (χ2n) is 2.12. The lowest BCUT2D eigenvalue weighted by molar-refractivity contribution is -0.113. The van der Waals surface area contributed by atoms with Crippen LogP contribution < -0.4 is 5.73 Å². The van der Waals surface area contributed by atoms with E-state index in [4.69, 9.17) is 5.11 Å². The maximum absolute atomic E-state index is 9.47. The highest BCUT2D eigenvalue weighted by Gasteiger charge is 1.88. The minimum absolute atomic E-state index is 0.160. The number of carbonyl (C=O) groups excluding carboxylic acids is 1. The van der Waals surface area contributed by atoms with Gasteiger partial charge in [0.25, 0.3) is 0 Å². The molecule has 0 radical (unpaired) electrons. The Balaban J connectivity index is 0.000000252. The third-order valence-electron chi connectivity index (χ3n) is 1.10. The number of carbonyl (C=O) groups is 1. The van der Waals surface area contributed by atoms with Crippen molar-refractivity contribution in [3.8, 4) is 0 Å². The summed E-state index contributed by atoms with van der Waals surface area (Å²) in [5.74, 6) is 0.359. The van der Waals surface area contributed by atoms with Crippen molar-refractivity contribution in [2.45, 2.75) is 6.42 Å². The van der Waals surface area contributed by atoms with Crippen LogP contribution in [0.4, 0.5) is 0 Å². The Hall–Kier alpha value is -1.62. The molecule has 1 aromatic rings. The Morgan fingerprint density at radius 3 is 2.77 bits per heavy atom. The zero-order chi connectivity index (χ0) is 10.1. The number of amides is 1. The van der Waals surface area contributed by atoms with Crippen LogP contribution in [0, 0.1) is 0 Å². The van der Waals surface area contributed by atoms with E-state index in [0.717, 1.165) is 11.9 Å². The van der Waals surface area contributed by atoms with Gasteiger partial charge in [-0.3, -0.25) is 4.79 Å². The van der Waals surface area contributed by atoms with Gasteiger partial charge < -0.3 is 15.8 Å². The van der Waals surface area contributed by atoms with Gasteiger partial charge in [-0.25, -0.2) is 4.98 Å². The van der Waals surface area contributed by atoms with E-state index < -0.39 is 5.91 Å². The molecule has 0 atom stereocenters. The van der Waals surface area contributed by atoms with E-state index in [1.807, 2.05) is 0 Å². The summed E-state index contributed by atoms with van der Waals surface area (Å²) in [7, 11) is 0.